The number of hydrogen-bond donors (Lipinski definition) is 1. The molecule has 4 atom stereocenters. The second-order valence-corrected chi connectivity index (χ2v) is 7.99. The van der Waals surface area contributed by atoms with E-state index in [4.69, 9.17) is 0 Å². The summed E-state index contributed by atoms with van der Waals surface area (Å²) >= 11 is 0. The maximum absolute atomic E-state index is 13.5. The summed E-state index contributed by atoms with van der Waals surface area (Å²) in [6.07, 6.45) is 2.81. The Morgan fingerprint density at radius 3 is 2.68 bits per heavy atom. The van der Waals surface area contributed by atoms with Gasteiger partial charge in [0.15, 0.2) is 0 Å². The fourth-order valence-corrected chi connectivity index (χ4v) is 4.92. The van der Waals surface area contributed by atoms with Crippen LogP contribution in [0.4, 0.5) is 4.39 Å². The summed E-state index contributed by atoms with van der Waals surface area (Å²) in [6.45, 7) is 1.27. The topological polar surface area (TPSA) is 58.4 Å². The molecule has 1 aliphatic carbocycles. The highest BCUT2D eigenvalue weighted by molar-refractivity contribution is 5.94. The van der Waals surface area contributed by atoms with Gasteiger partial charge in [0.05, 0.1) is 29.5 Å². The van der Waals surface area contributed by atoms with Gasteiger partial charge in [-0.3, -0.25) is 4.79 Å². The number of likely N-dealkylation sites (tertiary alicyclic amines) is 1. The third-order valence-corrected chi connectivity index (χ3v) is 6.31. The molecule has 0 radical (unpaired) electrons. The Labute approximate surface area is 162 Å². The number of rotatable bonds is 2. The molecule has 2 fully saturated rings. The third-order valence-electron chi connectivity index (χ3n) is 6.31. The lowest BCUT2D eigenvalue weighted by atomic mass is 9.77. The van der Waals surface area contributed by atoms with Crippen LogP contribution in [0.2, 0.25) is 0 Å². The highest BCUT2D eigenvalue weighted by Gasteiger charge is 2.43. The monoisotopic (exact) mass is 379 g/mol. The molecule has 0 bridgehead atoms. The molecule has 6 heteroatoms. The first kappa shape index (κ1) is 17.4. The van der Waals surface area contributed by atoms with Gasteiger partial charge < -0.3 is 14.6 Å². The van der Waals surface area contributed by atoms with Crippen molar-refractivity contribution in [3.8, 4) is 0 Å². The Morgan fingerprint density at radius 1 is 1.07 bits per heavy atom. The Morgan fingerprint density at radius 2 is 1.86 bits per heavy atom. The van der Waals surface area contributed by atoms with Crippen LogP contribution in [-0.2, 0) is 0 Å². The molecule has 1 saturated carbocycles. The number of nitrogens with zero attached hydrogens (tertiary/aromatic N) is 3. The van der Waals surface area contributed by atoms with Crippen molar-refractivity contribution in [2.45, 2.75) is 25.0 Å². The standard InChI is InChI=1S/C22H22FN3O2/c23-17-5-3-4-14(8-17)22(28)25-11-15-9-20(21(27)10-16(15)12-25)26-13-24-18-6-1-2-7-19(18)26/h1-8,13,15-16,20-21,27H,9-12H2/t15-,16+,20-,21-/m1/s1. The summed E-state index contributed by atoms with van der Waals surface area (Å²) in [7, 11) is 0. The molecule has 2 heterocycles. The van der Waals surface area contributed by atoms with Crippen molar-refractivity contribution in [1.29, 1.82) is 0 Å². The summed E-state index contributed by atoms with van der Waals surface area (Å²) in [5.74, 6) is 0.0728. The van der Waals surface area contributed by atoms with Crippen molar-refractivity contribution in [2.75, 3.05) is 13.1 Å². The number of benzene rings is 2. The quantitative estimate of drug-likeness (QED) is 0.744. The van der Waals surface area contributed by atoms with Crippen molar-refractivity contribution < 1.29 is 14.3 Å². The summed E-state index contributed by atoms with van der Waals surface area (Å²) in [6, 6.07) is 13.7. The van der Waals surface area contributed by atoms with Crippen molar-refractivity contribution in [3.05, 3.63) is 66.2 Å². The van der Waals surface area contributed by atoms with E-state index in [1.807, 2.05) is 35.5 Å². The second-order valence-electron chi connectivity index (χ2n) is 7.99. The molecule has 0 spiro atoms. The van der Waals surface area contributed by atoms with Crippen molar-refractivity contribution >= 4 is 16.9 Å². The summed E-state index contributed by atoms with van der Waals surface area (Å²) in [5.41, 5.74) is 2.33. The highest BCUT2D eigenvalue weighted by atomic mass is 19.1. The van der Waals surface area contributed by atoms with E-state index in [0.717, 1.165) is 17.5 Å². The van der Waals surface area contributed by atoms with Crippen LogP contribution < -0.4 is 0 Å². The van der Waals surface area contributed by atoms with E-state index in [2.05, 4.69) is 9.55 Å². The molecule has 28 heavy (non-hydrogen) atoms. The number of carbonyl (C=O) groups excluding carboxylic acids is 1. The van der Waals surface area contributed by atoms with E-state index >= 15 is 0 Å². The van der Waals surface area contributed by atoms with Crippen LogP contribution in [0.5, 0.6) is 0 Å². The van der Waals surface area contributed by atoms with E-state index in [1.54, 1.807) is 12.1 Å². The predicted molar refractivity (Wildman–Crippen MR) is 103 cm³/mol. The van der Waals surface area contributed by atoms with E-state index in [1.165, 1.54) is 12.1 Å². The minimum Gasteiger partial charge on any atom is -0.391 e. The largest absolute Gasteiger partial charge is 0.391 e. The van der Waals surface area contributed by atoms with Gasteiger partial charge in [0, 0.05) is 18.7 Å². The molecule has 1 N–H and O–H groups in total. The van der Waals surface area contributed by atoms with Gasteiger partial charge in [0.2, 0.25) is 0 Å². The first-order valence-corrected chi connectivity index (χ1v) is 9.74. The number of para-hydroxylation sites is 2. The van der Waals surface area contributed by atoms with Gasteiger partial charge in [-0.1, -0.05) is 18.2 Å². The van der Waals surface area contributed by atoms with E-state index in [-0.39, 0.29) is 17.9 Å². The number of carbonyl (C=O) groups is 1. The molecule has 2 aromatic carbocycles. The number of halogens is 1. The van der Waals surface area contributed by atoms with Crippen molar-refractivity contribution in [3.63, 3.8) is 0 Å². The molecule has 1 aliphatic heterocycles. The fourth-order valence-electron chi connectivity index (χ4n) is 4.92. The van der Waals surface area contributed by atoms with Gasteiger partial charge in [-0.05, 0) is 55.0 Å². The number of aliphatic hydroxyl groups is 1. The minimum atomic E-state index is -0.469. The van der Waals surface area contributed by atoms with E-state index in [0.29, 0.717) is 31.0 Å². The zero-order chi connectivity index (χ0) is 19.3. The maximum Gasteiger partial charge on any atom is 0.253 e. The zero-order valence-electron chi connectivity index (χ0n) is 15.4. The molecule has 1 saturated heterocycles. The van der Waals surface area contributed by atoms with Gasteiger partial charge in [0.25, 0.3) is 5.91 Å². The number of hydrogen-bond acceptors (Lipinski definition) is 3. The lowest BCUT2D eigenvalue weighted by molar-refractivity contribution is 0.0374. The lowest BCUT2D eigenvalue weighted by Gasteiger charge is -2.36. The number of fused-ring (bicyclic) bond motifs is 2. The molecule has 2 aliphatic rings. The summed E-state index contributed by atoms with van der Waals surface area (Å²) in [5, 5.41) is 10.8. The molecule has 5 nitrogen and oxygen atoms in total. The molecule has 3 aromatic rings. The number of aromatic nitrogens is 2. The first-order chi connectivity index (χ1) is 13.6. The highest BCUT2D eigenvalue weighted by Crippen LogP contribution is 2.42. The Bertz CT molecular complexity index is 1030. The number of amides is 1. The van der Waals surface area contributed by atoms with E-state index in [9.17, 15) is 14.3 Å². The van der Waals surface area contributed by atoms with Crippen LogP contribution in [0.3, 0.4) is 0 Å². The molecule has 144 valence electrons. The molecule has 1 amide bonds. The van der Waals surface area contributed by atoms with Gasteiger partial charge in [0.1, 0.15) is 5.82 Å². The number of aliphatic hydroxyl groups excluding tert-OH is 1. The molecular weight excluding hydrogens is 357 g/mol. The molecule has 0 unspecified atom stereocenters. The smallest absolute Gasteiger partial charge is 0.253 e. The van der Waals surface area contributed by atoms with Crippen LogP contribution in [0.1, 0.15) is 29.2 Å². The summed E-state index contributed by atoms with van der Waals surface area (Å²) < 4.78 is 15.6. The fraction of sp³-hybridized carbons (Fsp3) is 0.364. The van der Waals surface area contributed by atoms with Gasteiger partial charge in [-0.15, -0.1) is 0 Å². The molecular formula is C22H22FN3O2. The van der Waals surface area contributed by atoms with Gasteiger partial charge >= 0.3 is 0 Å². The maximum atomic E-state index is 13.5. The Kier molecular flexibility index (Phi) is 4.16. The SMILES string of the molecule is O=C(c1cccc(F)c1)N1C[C@H]2C[C@@H](n3cnc4ccccc43)[C@H](O)C[C@H]2C1. The third kappa shape index (κ3) is 2.88. The first-order valence-electron chi connectivity index (χ1n) is 9.74. The van der Waals surface area contributed by atoms with Gasteiger partial charge in [-0.25, -0.2) is 9.37 Å². The van der Waals surface area contributed by atoms with Gasteiger partial charge in [-0.2, -0.15) is 0 Å². The van der Waals surface area contributed by atoms with Crippen molar-refractivity contribution in [1.82, 2.24) is 14.5 Å². The zero-order valence-corrected chi connectivity index (χ0v) is 15.4. The van der Waals surface area contributed by atoms with Crippen LogP contribution in [0, 0.1) is 17.7 Å². The minimum absolute atomic E-state index is 0.0436. The van der Waals surface area contributed by atoms with Crippen LogP contribution in [0.25, 0.3) is 11.0 Å². The normalized spacial score (nSPS) is 27.1. The van der Waals surface area contributed by atoms with Crippen LogP contribution >= 0.6 is 0 Å². The Hall–Kier alpha value is -2.73. The average molecular weight is 379 g/mol. The molecule has 1 aromatic heterocycles. The second kappa shape index (κ2) is 6.71. The van der Waals surface area contributed by atoms with Crippen LogP contribution in [0.15, 0.2) is 54.9 Å². The summed E-state index contributed by atoms with van der Waals surface area (Å²) in [4.78, 5) is 19.1. The Balaban J connectivity index is 1.36. The lowest BCUT2D eigenvalue weighted by Crippen LogP contribution is -2.36. The van der Waals surface area contributed by atoms with Crippen LogP contribution in [-0.4, -0.2) is 44.7 Å². The number of imidazole rings is 1. The average Bonchev–Trinajstić information content (AvgIpc) is 3.30. The molecule has 5 rings (SSSR count). The predicted octanol–water partition coefficient (Wildman–Crippen LogP) is 3.26. The van der Waals surface area contributed by atoms with Crippen molar-refractivity contribution in [2.24, 2.45) is 11.8 Å². The van der Waals surface area contributed by atoms with E-state index < -0.39 is 11.9 Å².